The van der Waals surface area contributed by atoms with Gasteiger partial charge in [-0.25, -0.2) is 4.98 Å². The van der Waals surface area contributed by atoms with E-state index in [9.17, 15) is 5.11 Å². The van der Waals surface area contributed by atoms with Crippen molar-refractivity contribution in [3.63, 3.8) is 0 Å². The Morgan fingerprint density at radius 1 is 1.41 bits per heavy atom. The van der Waals surface area contributed by atoms with Gasteiger partial charge >= 0.3 is 0 Å². The van der Waals surface area contributed by atoms with Crippen LogP contribution in [0.3, 0.4) is 0 Å². The van der Waals surface area contributed by atoms with E-state index in [1.807, 2.05) is 26.0 Å². The van der Waals surface area contributed by atoms with E-state index in [1.54, 1.807) is 10.9 Å². The average molecular weight is 232 g/mol. The maximum absolute atomic E-state index is 10.2. The number of aromatic nitrogens is 4. The Morgan fingerprint density at radius 3 is 2.94 bits per heavy atom. The van der Waals surface area contributed by atoms with Crippen LogP contribution in [0, 0.1) is 6.92 Å². The van der Waals surface area contributed by atoms with Crippen LogP contribution in [-0.4, -0.2) is 24.9 Å². The summed E-state index contributed by atoms with van der Waals surface area (Å²) >= 11 is 0. The van der Waals surface area contributed by atoms with E-state index in [-0.39, 0.29) is 0 Å². The third kappa shape index (κ3) is 2.50. The Balaban J connectivity index is 2.17. The summed E-state index contributed by atoms with van der Waals surface area (Å²) in [6, 6.07) is 3.72. The molecule has 2 aromatic rings. The van der Waals surface area contributed by atoms with Crippen molar-refractivity contribution < 1.29 is 5.11 Å². The van der Waals surface area contributed by atoms with Gasteiger partial charge in [0.25, 0.3) is 0 Å². The molecule has 1 N–H and O–H groups in total. The lowest BCUT2D eigenvalue weighted by Crippen LogP contribution is -2.10. The summed E-state index contributed by atoms with van der Waals surface area (Å²) < 4.78 is 1.79. The highest BCUT2D eigenvalue weighted by Gasteiger charge is 2.14. The van der Waals surface area contributed by atoms with Gasteiger partial charge in [-0.2, -0.15) is 5.10 Å². The van der Waals surface area contributed by atoms with Gasteiger partial charge < -0.3 is 5.11 Å². The predicted molar refractivity (Wildman–Crippen MR) is 63.3 cm³/mol. The molecule has 0 aliphatic carbocycles. The molecular formula is C12H16N4O. The minimum atomic E-state index is -0.585. The van der Waals surface area contributed by atoms with Crippen molar-refractivity contribution in [3.8, 4) is 0 Å². The zero-order chi connectivity index (χ0) is 12.3. The number of aliphatic hydroxyl groups excluding tert-OH is 1. The Morgan fingerprint density at radius 2 is 2.24 bits per heavy atom. The number of pyridine rings is 1. The smallest absolute Gasteiger partial charge is 0.138 e. The minimum absolute atomic E-state index is 0.459. The quantitative estimate of drug-likeness (QED) is 0.862. The predicted octanol–water partition coefficient (Wildman–Crippen LogP) is 1.28. The van der Waals surface area contributed by atoms with Crippen LogP contribution in [0.4, 0.5) is 0 Å². The average Bonchev–Trinajstić information content (AvgIpc) is 2.76. The van der Waals surface area contributed by atoms with E-state index in [0.29, 0.717) is 6.42 Å². The Kier molecular flexibility index (Phi) is 3.49. The van der Waals surface area contributed by atoms with Gasteiger partial charge in [0.05, 0.1) is 6.10 Å². The lowest BCUT2D eigenvalue weighted by atomic mass is 10.1. The van der Waals surface area contributed by atoms with Crippen LogP contribution in [0.5, 0.6) is 0 Å². The molecule has 0 spiro atoms. The van der Waals surface area contributed by atoms with Crippen molar-refractivity contribution >= 4 is 0 Å². The van der Waals surface area contributed by atoms with Gasteiger partial charge in [0, 0.05) is 30.4 Å². The van der Waals surface area contributed by atoms with Crippen LogP contribution in [-0.2, 0) is 13.0 Å². The molecule has 90 valence electrons. The lowest BCUT2D eigenvalue weighted by molar-refractivity contribution is 0.173. The van der Waals surface area contributed by atoms with E-state index < -0.39 is 6.10 Å². The second kappa shape index (κ2) is 5.05. The molecule has 17 heavy (non-hydrogen) atoms. The summed E-state index contributed by atoms with van der Waals surface area (Å²) in [7, 11) is 0. The number of hydrogen-bond donors (Lipinski definition) is 1. The summed E-state index contributed by atoms with van der Waals surface area (Å²) in [5.41, 5.74) is 1.70. The first-order valence-electron chi connectivity index (χ1n) is 5.68. The standard InChI is InChI=1S/C12H16N4O/c1-3-16-12(14-8-15-16)7-11(17)10-5-4-6-13-9(10)2/h4-6,8,11,17H,3,7H2,1-2H3. The van der Waals surface area contributed by atoms with E-state index in [4.69, 9.17) is 0 Å². The van der Waals surface area contributed by atoms with Crippen LogP contribution >= 0.6 is 0 Å². The van der Waals surface area contributed by atoms with E-state index in [1.165, 1.54) is 6.33 Å². The molecule has 0 aliphatic rings. The highest BCUT2D eigenvalue weighted by Crippen LogP contribution is 2.18. The monoisotopic (exact) mass is 232 g/mol. The Labute approximate surface area is 100 Å². The molecule has 0 fully saturated rings. The first-order valence-corrected chi connectivity index (χ1v) is 5.68. The normalized spacial score (nSPS) is 12.6. The summed E-state index contributed by atoms with van der Waals surface area (Å²) in [4.78, 5) is 8.32. The van der Waals surface area contributed by atoms with E-state index >= 15 is 0 Å². The molecule has 0 saturated carbocycles. The molecule has 0 saturated heterocycles. The fraction of sp³-hybridized carbons (Fsp3) is 0.417. The molecule has 2 aromatic heterocycles. The van der Waals surface area contributed by atoms with Crippen molar-refractivity contribution in [2.45, 2.75) is 32.9 Å². The summed E-state index contributed by atoms with van der Waals surface area (Å²) in [6.45, 7) is 4.65. The van der Waals surface area contributed by atoms with Crippen molar-refractivity contribution in [2.24, 2.45) is 0 Å². The molecular weight excluding hydrogens is 216 g/mol. The highest BCUT2D eigenvalue weighted by atomic mass is 16.3. The van der Waals surface area contributed by atoms with Gasteiger partial charge in [0.1, 0.15) is 12.2 Å². The van der Waals surface area contributed by atoms with Crippen LogP contribution in [0.1, 0.15) is 30.1 Å². The first-order chi connectivity index (χ1) is 8.22. The van der Waals surface area contributed by atoms with Crippen molar-refractivity contribution in [3.05, 3.63) is 41.7 Å². The van der Waals surface area contributed by atoms with Gasteiger partial charge in [-0.15, -0.1) is 0 Å². The largest absolute Gasteiger partial charge is 0.388 e. The Hall–Kier alpha value is -1.75. The zero-order valence-electron chi connectivity index (χ0n) is 10.0. The molecule has 1 unspecified atom stereocenters. The van der Waals surface area contributed by atoms with Crippen LogP contribution in [0.25, 0.3) is 0 Å². The van der Waals surface area contributed by atoms with Crippen LogP contribution < -0.4 is 0 Å². The molecule has 0 aliphatic heterocycles. The van der Waals surface area contributed by atoms with E-state index in [0.717, 1.165) is 23.6 Å². The Bertz CT molecular complexity index is 495. The van der Waals surface area contributed by atoms with Gasteiger partial charge in [0.2, 0.25) is 0 Å². The molecule has 0 bridgehead atoms. The first kappa shape index (κ1) is 11.7. The number of aryl methyl sites for hydroxylation is 2. The lowest BCUT2D eigenvalue weighted by Gasteiger charge is -2.12. The second-order valence-electron chi connectivity index (χ2n) is 3.89. The second-order valence-corrected chi connectivity index (χ2v) is 3.89. The highest BCUT2D eigenvalue weighted by molar-refractivity contribution is 5.21. The third-order valence-corrected chi connectivity index (χ3v) is 2.78. The molecule has 0 aromatic carbocycles. The van der Waals surface area contributed by atoms with Crippen molar-refractivity contribution in [2.75, 3.05) is 0 Å². The molecule has 1 atom stereocenters. The SMILES string of the molecule is CCn1ncnc1CC(O)c1cccnc1C. The summed E-state index contributed by atoms with van der Waals surface area (Å²) in [5, 5.41) is 14.3. The molecule has 2 rings (SSSR count). The minimum Gasteiger partial charge on any atom is -0.388 e. The van der Waals surface area contributed by atoms with Crippen LogP contribution in [0.15, 0.2) is 24.7 Å². The maximum atomic E-state index is 10.2. The molecule has 5 heteroatoms. The van der Waals surface area contributed by atoms with Gasteiger partial charge in [-0.3, -0.25) is 9.67 Å². The van der Waals surface area contributed by atoms with Crippen LogP contribution in [0.2, 0.25) is 0 Å². The number of hydrogen-bond acceptors (Lipinski definition) is 4. The molecule has 2 heterocycles. The summed E-state index contributed by atoms with van der Waals surface area (Å²) in [6.07, 6.45) is 3.11. The summed E-state index contributed by atoms with van der Waals surface area (Å²) in [5.74, 6) is 0.795. The van der Waals surface area contributed by atoms with Crippen molar-refractivity contribution in [1.82, 2.24) is 19.7 Å². The number of nitrogens with zero attached hydrogens (tertiary/aromatic N) is 4. The van der Waals surface area contributed by atoms with Gasteiger partial charge in [0.15, 0.2) is 0 Å². The fourth-order valence-corrected chi connectivity index (χ4v) is 1.84. The number of rotatable bonds is 4. The topological polar surface area (TPSA) is 63.8 Å². The zero-order valence-corrected chi connectivity index (χ0v) is 10.0. The molecule has 5 nitrogen and oxygen atoms in total. The van der Waals surface area contributed by atoms with E-state index in [2.05, 4.69) is 15.1 Å². The van der Waals surface area contributed by atoms with Gasteiger partial charge in [-0.1, -0.05) is 6.07 Å². The number of aliphatic hydroxyl groups is 1. The maximum Gasteiger partial charge on any atom is 0.138 e. The molecule has 0 amide bonds. The van der Waals surface area contributed by atoms with Crippen molar-refractivity contribution in [1.29, 1.82) is 0 Å². The third-order valence-electron chi connectivity index (χ3n) is 2.78. The van der Waals surface area contributed by atoms with Gasteiger partial charge in [-0.05, 0) is 19.9 Å². The molecule has 0 radical (unpaired) electrons. The fourth-order valence-electron chi connectivity index (χ4n) is 1.84.